The lowest BCUT2D eigenvalue weighted by atomic mass is 10.1. The van der Waals surface area contributed by atoms with E-state index in [1.165, 1.54) is 6.07 Å². The molecule has 0 aliphatic rings. The van der Waals surface area contributed by atoms with Crippen molar-refractivity contribution in [1.82, 2.24) is 5.32 Å². The predicted molar refractivity (Wildman–Crippen MR) is 51.6 cm³/mol. The molecule has 0 radical (unpaired) electrons. The highest BCUT2D eigenvalue weighted by molar-refractivity contribution is 5.41. The van der Waals surface area contributed by atoms with E-state index in [0.717, 1.165) is 5.56 Å². The summed E-state index contributed by atoms with van der Waals surface area (Å²) in [6.45, 7) is 1.04. The van der Waals surface area contributed by atoms with Crippen molar-refractivity contribution in [1.29, 1.82) is 5.26 Å². The van der Waals surface area contributed by atoms with Crippen LogP contribution in [0, 0.1) is 11.3 Å². The normalized spacial score (nSPS) is 9.71. The topological polar surface area (TPSA) is 76.3 Å². The molecule has 1 rings (SSSR count). The molecule has 14 heavy (non-hydrogen) atoms. The number of aliphatic hydroxyl groups excluding tert-OH is 1. The summed E-state index contributed by atoms with van der Waals surface area (Å²) in [5.74, 6) is 0.106. The summed E-state index contributed by atoms with van der Waals surface area (Å²) < 4.78 is 0. The summed E-state index contributed by atoms with van der Waals surface area (Å²) in [4.78, 5) is 0. The van der Waals surface area contributed by atoms with Crippen molar-refractivity contribution < 1.29 is 10.2 Å². The second kappa shape index (κ2) is 5.22. The van der Waals surface area contributed by atoms with Crippen molar-refractivity contribution in [3.8, 4) is 11.8 Å². The molecule has 1 aromatic rings. The van der Waals surface area contributed by atoms with Crippen molar-refractivity contribution in [2.45, 2.75) is 6.54 Å². The van der Waals surface area contributed by atoms with E-state index < -0.39 is 0 Å². The average Bonchev–Trinajstić information content (AvgIpc) is 2.20. The number of aliphatic hydroxyl groups is 1. The molecule has 0 unspecified atom stereocenters. The lowest BCUT2D eigenvalue weighted by Crippen LogP contribution is -2.17. The Kier molecular flexibility index (Phi) is 3.92. The maximum absolute atomic E-state index is 9.47. The fraction of sp³-hybridized carbons (Fsp3) is 0.300. The number of phenols is 1. The van der Waals surface area contributed by atoms with E-state index in [2.05, 4.69) is 5.32 Å². The van der Waals surface area contributed by atoms with Crippen LogP contribution >= 0.6 is 0 Å². The van der Waals surface area contributed by atoms with E-state index in [-0.39, 0.29) is 12.4 Å². The largest absolute Gasteiger partial charge is 0.508 e. The third kappa shape index (κ3) is 2.73. The second-order valence-corrected chi connectivity index (χ2v) is 2.86. The third-order valence-corrected chi connectivity index (χ3v) is 1.82. The number of hydrogen-bond donors (Lipinski definition) is 3. The molecule has 0 saturated carbocycles. The first kappa shape index (κ1) is 10.5. The van der Waals surface area contributed by atoms with Crippen LogP contribution in [-0.2, 0) is 6.54 Å². The van der Waals surface area contributed by atoms with Gasteiger partial charge in [-0.1, -0.05) is 6.07 Å². The van der Waals surface area contributed by atoms with E-state index in [4.69, 9.17) is 10.4 Å². The maximum atomic E-state index is 9.47. The highest BCUT2D eigenvalue weighted by Crippen LogP contribution is 2.17. The summed E-state index contributed by atoms with van der Waals surface area (Å²) >= 11 is 0. The summed E-state index contributed by atoms with van der Waals surface area (Å²) in [5.41, 5.74) is 1.16. The zero-order valence-corrected chi connectivity index (χ0v) is 7.70. The van der Waals surface area contributed by atoms with Gasteiger partial charge in [-0.25, -0.2) is 0 Å². The molecule has 74 valence electrons. The highest BCUT2D eigenvalue weighted by Gasteiger charge is 2.01. The molecule has 0 saturated heterocycles. The molecule has 0 aliphatic carbocycles. The van der Waals surface area contributed by atoms with Gasteiger partial charge in [0.2, 0.25) is 0 Å². The Morgan fingerprint density at radius 3 is 2.79 bits per heavy atom. The van der Waals surface area contributed by atoms with Gasteiger partial charge in [0.15, 0.2) is 0 Å². The summed E-state index contributed by atoms with van der Waals surface area (Å²) in [7, 11) is 0. The van der Waals surface area contributed by atoms with E-state index in [1.807, 2.05) is 6.07 Å². The smallest absolute Gasteiger partial charge is 0.121 e. The molecule has 0 aliphatic heterocycles. The number of benzene rings is 1. The van der Waals surface area contributed by atoms with E-state index in [9.17, 15) is 5.11 Å². The Bertz CT molecular complexity index is 344. The van der Waals surface area contributed by atoms with Crippen LogP contribution in [0.4, 0.5) is 0 Å². The molecule has 4 nitrogen and oxygen atoms in total. The van der Waals surface area contributed by atoms with E-state index >= 15 is 0 Å². The van der Waals surface area contributed by atoms with Crippen LogP contribution in [0.1, 0.15) is 11.1 Å². The third-order valence-electron chi connectivity index (χ3n) is 1.82. The molecule has 0 heterocycles. The Balaban J connectivity index is 2.65. The number of nitrogens with zero attached hydrogens (tertiary/aromatic N) is 1. The first-order valence-corrected chi connectivity index (χ1v) is 4.31. The molecule has 4 heteroatoms. The summed E-state index contributed by atoms with van der Waals surface area (Å²) in [6, 6.07) is 6.71. The van der Waals surface area contributed by atoms with Gasteiger partial charge >= 0.3 is 0 Å². The summed E-state index contributed by atoms with van der Waals surface area (Å²) in [5, 5.41) is 29.5. The van der Waals surface area contributed by atoms with Crippen molar-refractivity contribution in [3.05, 3.63) is 29.3 Å². The SMILES string of the molecule is N#Cc1ccc(CNCCO)c(O)c1. The maximum Gasteiger partial charge on any atom is 0.121 e. The Morgan fingerprint density at radius 1 is 1.43 bits per heavy atom. The predicted octanol–water partition coefficient (Wildman–Crippen LogP) is 0.346. The van der Waals surface area contributed by atoms with E-state index in [1.54, 1.807) is 12.1 Å². The van der Waals surface area contributed by atoms with E-state index in [0.29, 0.717) is 18.7 Å². The first-order chi connectivity index (χ1) is 6.77. The van der Waals surface area contributed by atoms with Crippen molar-refractivity contribution in [3.63, 3.8) is 0 Å². The standard InChI is InChI=1S/C10H12N2O2/c11-6-8-1-2-9(10(14)5-8)7-12-3-4-13/h1-2,5,12-14H,3-4,7H2. The van der Waals surface area contributed by atoms with Gasteiger partial charge in [0.25, 0.3) is 0 Å². The molecule has 0 fully saturated rings. The highest BCUT2D eigenvalue weighted by atomic mass is 16.3. The number of rotatable bonds is 4. The molecule has 1 aromatic carbocycles. The van der Waals surface area contributed by atoms with Crippen LogP contribution in [0.5, 0.6) is 5.75 Å². The van der Waals surface area contributed by atoms with Crippen LogP contribution in [-0.4, -0.2) is 23.4 Å². The van der Waals surface area contributed by atoms with Gasteiger partial charge in [-0.3, -0.25) is 0 Å². The Morgan fingerprint density at radius 2 is 2.21 bits per heavy atom. The van der Waals surface area contributed by atoms with Crippen molar-refractivity contribution >= 4 is 0 Å². The monoisotopic (exact) mass is 192 g/mol. The fourth-order valence-electron chi connectivity index (χ4n) is 1.08. The zero-order valence-electron chi connectivity index (χ0n) is 7.70. The van der Waals surface area contributed by atoms with Crippen LogP contribution in [0.2, 0.25) is 0 Å². The van der Waals surface area contributed by atoms with Crippen LogP contribution in [0.25, 0.3) is 0 Å². The molecular formula is C10H12N2O2. The van der Waals surface area contributed by atoms with Crippen LogP contribution in [0.3, 0.4) is 0 Å². The lowest BCUT2D eigenvalue weighted by molar-refractivity contribution is 0.291. The van der Waals surface area contributed by atoms with Crippen molar-refractivity contribution in [2.24, 2.45) is 0 Å². The van der Waals surface area contributed by atoms with Gasteiger partial charge in [-0.05, 0) is 12.1 Å². The number of aromatic hydroxyl groups is 1. The molecule has 0 spiro atoms. The average molecular weight is 192 g/mol. The van der Waals surface area contributed by atoms with Gasteiger partial charge in [-0.15, -0.1) is 0 Å². The number of nitriles is 1. The molecular weight excluding hydrogens is 180 g/mol. The minimum atomic E-state index is 0.0665. The van der Waals surface area contributed by atoms with Gasteiger partial charge < -0.3 is 15.5 Å². The van der Waals surface area contributed by atoms with Gasteiger partial charge in [0.1, 0.15) is 5.75 Å². The second-order valence-electron chi connectivity index (χ2n) is 2.86. The van der Waals surface area contributed by atoms with Crippen LogP contribution in [0.15, 0.2) is 18.2 Å². The quantitative estimate of drug-likeness (QED) is 0.601. The molecule has 0 aromatic heterocycles. The molecule has 0 atom stereocenters. The Labute approximate surface area is 82.4 Å². The minimum Gasteiger partial charge on any atom is -0.508 e. The van der Waals surface area contributed by atoms with Gasteiger partial charge in [-0.2, -0.15) is 5.26 Å². The number of hydrogen-bond acceptors (Lipinski definition) is 4. The lowest BCUT2D eigenvalue weighted by Gasteiger charge is -2.05. The fourth-order valence-corrected chi connectivity index (χ4v) is 1.08. The van der Waals surface area contributed by atoms with Gasteiger partial charge in [0.05, 0.1) is 18.2 Å². The molecule has 0 amide bonds. The zero-order chi connectivity index (χ0) is 10.4. The molecule has 0 bridgehead atoms. The Hall–Kier alpha value is -1.57. The first-order valence-electron chi connectivity index (χ1n) is 4.31. The molecule has 3 N–H and O–H groups in total. The summed E-state index contributed by atoms with van der Waals surface area (Å²) in [6.07, 6.45) is 0. The van der Waals surface area contributed by atoms with Crippen LogP contribution < -0.4 is 5.32 Å². The van der Waals surface area contributed by atoms with Crippen molar-refractivity contribution in [2.75, 3.05) is 13.2 Å². The minimum absolute atomic E-state index is 0.0665. The van der Waals surface area contributed by atoms with Gasteiger partial charge in [0, 0.05) is 18.7 Å². The number of phenolic OH excluding ortho intramolecular Hbond substituents is 1. The number of nitrogens with one attached hydrogen (secondary N) is 1.